The number of thioether (sulfide) groups is 1. The molecule has 0 atom stereocenters. The molecule has 0 saturated carbocycles. The predicted molar refractivity (Wildman–Crippen MR) is 123 cm³/mol. The van der Waals surface area contributed by atoms with Gasteiger partial charge in [-0.05, 0) is 49.4 Å². The van der Waals surface area contributed by atoms with Gasteiger partial charge in [-0.3, -0.25) is 9.59 Å². The van der Waals surface area contributed by atoms with E-state index < -0.39 is 11.8 Å². The minimum Gasteiger partial charge on any atom is -0.350 e. The second-order valence-corrected chi connectivity index (χ2v) is 8.64. The molecule has 1 N–H and O–H groups in total. The fraction of sp³-hybridized carbons (Fsp3) is 0.0435. The summed E-state index contributed by atoms with van der Waals surface area (Å²) in [6, 6.07) is 21.7. The molecule has 0 saturated heterocycles. The van der Waals surface area contributed by atoms with E-state index in [2.05, 4.69) is 5.32 Å². The molecule has 150 valence electrons. The highest BCUT2D eigenvalue weighted by atomic mass is 35.5. The number of halogens is 2. The van der Waals surface area contributed by atoms with E-state index in [0.29, 0.717) is 26.3 Å². The minimum absolute atomic E-state index is 0.216. The van der Waals surface area contributed by atoms with Crippen LogP contribution in [-0.4, -0.2) is 11.8 Å². The highest BCUT2D eigenvalue weighted by Crippen LogP contribution is 2.39. The summed E-state index contributed by atoms with van der Waals surface area (Å²) in [4.78, 5) is 28.9. The first-order valence-electron chi connectivity index (χ1n) is 9.08. The van der Waals surface area contributed by atoms with Crippen LogP contribution in [0.25, 0.3) is 0 Å². The molecule has 0 radical (unpaired) electrons. The Morgan fingerprint density at radius 3 is 2.10 bits per heavy atom. The van der Waals surface area contributed by atoms with E-state index in [4.69, 9.17) is 23.2 Å². The van der Waals surface area contributed by atoms with Crippen LogP contribution in [0.3, 0.4) is 0 Å². The highest BCUT2D eigenvalue weighted by molar-refractivity contribution is 8.04. The molecule has 7 heteroatoms. The lowest BCUT2D eigenvalue weighted by molar-refractivity contribution is -0.120. The summed E-state index contributed by atoms with van der Waals surface area (Å²) in [7, 11) is 0. The Hall–Kier alpha value is -2.73. The van der Waals surface area contributed by atoms with Gasteiger partial charge in [0.25, 0.3) is 11.8 Å². The summed E-state index contributed by atoms with van der Waals surface area (Å²) < 4.78 is 0. The van der Waals surface area contributed by atoms with Gasteiger partial charge in [-0.25, -0.2) is 4.90 Å². The Bertz CT molecular complexity index is 1140. The van der Waals surface area contributed by atoms with Crippen molar-refractivity contribution in [2.45, 2.75) is 11.8 Å². The van der Waals surface area contributed by atoms with Crippen molar-refractivity contribution in [2.75, 3.05) is 10.2 Å². The first kappa shape index (κ1) is 20.5. The molecule has 0 aromatic heterocycles. The average molecular weight is 455 g/mol. The fourth-order valence-electron chi connectivity index (χ4n) is 3.01. The van der Waals surface area contributed by atoms with E-state index in [-0.39, 0.29) is 5.70 Å². The maximum absolute atomic E-state index is 13.3. The van der Waals surface area contributed by atoms with Crippen molar-refractivity contribution in [3.63, 3.8) is 0 Å². The summed E-state index contributed by atoms with van der Waals surface area (Å²) in [6.07, 6.45) is 0. The maximum atomic E-state index is 13.3. The average Bonchev–Trinajstić information content (AvgIpc) is 2.93. The van der Waals surface area contributed by atoms with Gasteiger partial charge >= 0.3 is 0 Å². The van der Waals surface area contributed by atoms with Gasteiger partial charge in [0, 0.05) is 20.6 Å². The molecule has 0 aliphatic carbocycles. The Balaban J connectivity index is 1.76. The van der Waals surface area contributed by atoms with Crippen LogP contribution in [0.15, 0.2) is 88.3 Å². The fourth-order valence-corrected chi connectivity index (χ4v) is 4.45. The van der Waals surface area contributed by atoms with Crippen molar-refractivity contribution in [2.24, 2.45) is 0 Å². The molecule has 1 heterocycles. The standard InChI is InChI=1S/C23H16Cl2N2O2S/c1-14-7-9-19(10-8-14)30-21-20(26-17-5-3-2-4-6-17)22(28)27(23(21)29)18-12-15(24)11-16(25)13-18/h2-13,26H,1H3. The molecule has 4 rings (SSSR count). The summed E-state index contributed by atoms with van der Waals surface area (Å²) in [5.74, 6) is -0.890. The second-order valence-electron chi connectivity index (χ2n) is 6.68. The van der Waals surface area contributed by atoms with Gasteiger partial charge in [0.1, 0.15) is 10.6 Å². The summed E-state index contributed by atoms with van der Waals surface area (Å²) in [5.41, 5.74) is 2.36. The normalized spacial score (nSPS) is 13.9. The van der Waals surface area contributed by atoms with Gasteiger partial charge in [0.2, 0.25) is 0 Å². The Morgan fingerprint density at radius 1 is 0.833 bits per heavy atom. The lowest BCUT2D eigenvalue weighted by Crippen LogP contribution is -2.32. The van der Waals surface area contributed by atoms with E-state index in [9.17, 15) is 9.59 Å². The number of carbonyl (C=O) groups excluding carboxylic acids is 2. The third kappa shape index (κ3) is 4.24. The van der Waals surface area contributed by atoms with Gasteiger partial charge in [-0.15, -0.1) is 0 Å². The van der Waals surface area contributed by atoms with Gasteiger partial charge in [0.15, 0.2) is 0 Å². The molecule has 3 aromatic carbocycles. The number of anilines is 2. The Morgan fingerprint density at radius 2 is 1.47 bits per heavy atom. The van der Waals surface area contributed by atoms with Crippen LogP contribution in [0.2, 0.25) is 10.0 Å². The monoisotopic (exact) mass is 454 g/mol. The zero-order chi connectivity index (χ0) is 21.3. The number of hydrogen-bond acceptors (Lipinski definition) is 4. The largest absolute Gasteiger partial charge is 0.350 e. The third-order valence-electron chi connectivity index (χ3n) is 4.43. The van der Waals surface area contributed by atoms with E-state index in [1.54, 1.807) is 18.2 Å². The molecular formula is C23H16Cl2N2O2S. The van der Waals surface area contributed by atoms with Crippen molar-refractivity contribution in [1.82, 2.24) is 0 Å². The molecule has 0 unspecified atom stereocenters. The van der Waals surface area contributed by atoms with Crippen molar-refractivity contribution >= 4 is 58.2 Å². The number of carbonyl (C=O) groups is 2. The second kappa shape index (κ2) is 8.56. The SMILES string of the molecule is Cc1ccc(SC2=C(Nc3ccccc3)C(=O)N(c3cc(Cl)cc(Cl)c3)C2=O)cc1. The molecule has 1 aliphatic heterocycles. The molecule has 2 amide bonds. The highest BCUT2D eigenvalue weighted by Gasteiger charge is 2.40. The third-order valence-corrected chi connectivity index (χ3v) is 5.96. The number of aryl methyl sites for hydroxylation is 1. The van der Waals surface area contributed by atoms with Crippen LogP contribution < -0.4 is 10.2 Å². The van der Waals surface area contributed by atoms with Gasteiger partial charge in [0.05, 0.1) is 5.69 Å². The van der Waals surface area contributed by atoms with Gasteiger partial charge < -0.3 is 5.32 Å². The Labute approximate surface area is 188 Å². The number of para-hydroxylation sites is 1. The van der Waals surface area contributed by atoms with E-state index in [1.807, 2.05) is 61.5 Å². The number of benzene rings is 3. The first-order valence-corrected chi connectivity index (χ1v) is 10.7. The number of amides is 2. The molecule has 4 nitrogen and oxygen atoms in total. The number of imide groups is 1. The van der Waals surface area contributed by atoms with Crippen molar-refractivity contribution < 1.29 is 9.59 Å². The van der Waals surface area contributed by atoms with Gasteiger partial charge in [-0.2, -0.15) is 0 Å². The molecule has 3 aromatic rings. The summed E-state index contributed by atoms with van der Waals surface area (Å²) in [5, 5.41) is 3.80. The van der Waals surface area contributed by atoms with Crippen LogP contribution in [0.5, 0.6) is 0 Å². The van der Waals surface area contributed by atoms with Crippen LogP contribution >= 0.6 is 35.0 Å². The number of nitrogens with one attached hydrogen (secondary N) is 1. The van der Waals surface area contributed by atoms with Crippen LogP contribution in [0, 0.1) is 6.92 Å². The van der Waals surface area contributed by atoms with Crippen LogP contribution in [-0.2, 0) is 9.59 Å². The van der Waals surface area contributed by atoms with Crippen LogP contribution in [0.1, 0.15) is 5.56 Å². The molecule has 0 fully saturated rings. The molecule has 1 aliphatic rings. The first-order chi connectivity index (χ1) is 14.4. The summed E-state index contributed by atoms with van der Waals surface area (Å²) >= 11 is 13.5. The molecule has 0 spiro atoms. The van der Waals surface area contributed by atoms with E-state index in [1.165, 1.54) is 11.8 Å². The zero-order valence-electron chi connectivity index (χ0n) is 15.9. The number of hydrogen-bond donors (Lipinski definition) is 1. The number of rotatable bonds is 5. The lowest BCUT2D eigenvalue weighted by atomic mass is 10.2. The van der Waals surface area contributed by atoms with E-state index >= 15 is 0 Å². The minimum atomic E-state index is -0.461. The topological polar surface area (TPSA) is 49.4 Å². The zero-order valence-corrected chi connectivity index (χ0v) is 18.2. The quantitative estimate of drug-likeness (QED) is 0.460. The predicted octanol–water partition coefficient (Wildman–Crippen LogP) is 6.29. The smallest absolute Gasteiger partial charge is 0.283 e. The van der Waals surface area contributed by atoms with Crippen molar-refractivity contribution in [1.29, 1.82) is 0 Å². The number of nitrogens with zero attached hydrogens (tertiary/aromatic N) is 1. The van der Waals surface area contributed by atoms with Gasteiger partial charge in [-0.1, -0.05) is 70.9 Å². The molecule has 30 heavy (non-hydrogen) atoms. The summed E-state index contributed by atoms with van der Waals surface area (Å²) in [6.45, 7) is 1.99. The Kier molecular flexibility index (Phi) is 5.86. The molecule has 0 bridgehead atoms. The lowest BCUT2D eigenvalue weighted by Gasteiger charge is -2.16. The van der Waals surface area contributed by atoms with Crippen LogP contribution in [0.4, 0.5) is 11.4 Å². The van der Waals surface area contributed by atoms with E-state index in [0.717, 1.165) is 15.4 Å². The maximum Gasteiger partial charge on any atom is 0.283 e. The van der Waals surface area contributed by atoms with Crippen molar-refractivity contribution in [3.05, 3.63) is 99.0 Å². The molecular weight excluding hydrogens is 439 g/mol. The van der Waals surface area contributed by atoms with Crippen molar-refractivity contribution in [3.8, 4) is 0 Å².